The lowest BCUT2D eigenvalue weighted by atomic mass is 9.91. The predicted molar refractivity (Wildman–Crippen MR) is 78.8 cm³/mol. The second-order valence-electron chi connectivity index (χ2n) is 4.89. The quantitative estimate of drug-likeness (QED) is 0.829. The van der Waals surface area contributed by atoms with E-state index in [0.29, 0.717) is 11.7 Å². The van der Waals surface area contributed by atoms with Gasteiger partial charge >= 0.3 is 0 Å². The van der Waals surface area contributed by atoms with Crippen molar-refractivity contribution in [3.63, 3.8) is 0 Å². The van der Waals surface area contributed by atoms with E-state index in [2.05, 4.69) is 29.0 Å². The molecule has 1 atom stereocenters. The Balaban J connectivity index is 2.36. The second kappa shape index (κ2) is 6.36. The molecular formula is C15H22N4. The van der Waals surface area contributed by atoms with Crippen LogP contribution < -0.4 is 5.73 Å². The van der Waals surface area contributed by atoms with Gasteiger partial charge in [-0.25, -0.2) is 0 Å². The molecule has 0 aliphatic heterocycles. The average Bonchev–Trinajstić information content (AvgIpc) is 2.83. The van der Waals surface area contributed by atoms with Crippen molar-refractivity contribution in [3.05, 3.63) is 30.2 Å². The van der Waals surface area contributed by atoms with E-state index < -0.39 is 0 Å². The molecule has 2 aromatic rings. The fourth-order valence-electron chi connectivity index (χ4n) is 2.48. The Bertz CT molecular complexity index is 504. The summed E-state index contributed by atoms with van der Waals surface area (Å²) in [4.78, 5) is 4.17. The van der Waals surface area contributed by atoms with Crippen LogP contribution in [0.25, 0.3) is 11.1 Å². The maximum absolute atomic E-state index is 6.02. The minimum atomic E-state index is 0.486. The molecule has 4 heteroatoms. The number of aromatic amines is 1. The van der Waals surface area contributed by atoms with Crippen LogP contribution in [0.1, 0.15) is 51.1 Å². The molecule has 0 bridgehead atoms. The number of pyridine rings is 1. The number of nitrogen functional groups attached to an aromatic ring is 1. The third kappa shape index (κ3) is 2.95. The summed E-state index contributed by atoms with van der Waals surface area (Å²) >= 11 is 0. The molecule has 0 spiro atoms. The van der Waals surface area contributed by atoms with E-state index in [1.807, 2.05) is 18.3 Å². The van der Waals surface area contributed by atoms with Crippen LogP contribution in [0, 0.1) is 0 Å². The lowest BCUT2D eigenvalue weighted by Crippen LogP contribution is -2.00. The number of anilines is 1. The van der Waals surface area contributed by atoms with E-state index in [4.69, 9.17) is 5.73 Å². The first-order valence-electron chi connectivity index (χ1n) is 7.02. The van der Waals surface area contributed by atoms with Crippen LogP contribution in [0.2, 0.25) is 0 Å². The summed E-state index contributed by atoms with van der Waals surface area (Å²) in [6.07, 6.45) is 8.31. The summed E-state index contributed by atoms with van der Waals surface area (Å²) in [6, 6.07) is 3.96. The number of nitrogens with two attached hydrogens (primary N) is 1. The Morgan fingerprint density at radius 3 is 2.84 bits per heavy atom. The highest BCUT2D eigenvalue weighted by atomic mass is 15.2. The summed E-state index contributed by atoms with van der Waals surface area (Å²) in [6.45, 7) is 4.43. The Labute approximate surface area is 114 Å². The summed E-state index contributed by atoms with van der Waals surface area (Å²) in [5.41, 5.74) is 9.24. The molecule has 0 radical (unpaired) electrons. The molecule has 4 nitrogen and oxygen atoms in total. The minimum Gasteiger partial charge on any atom is -0.382 e. The van der Waals surface area contributed by atoms with Gasteiger partial charge < -0.3 is 5.73 Å². The van der Waals surface area contributed by atoms with Gasteiger partial charge in [-0.2, -0.15) is 5.10 Å². The smallest absolute Gasteiger partial charge is 0.153 e. The van der Waals surface area contributed by atoms with Crippen LogP contribution in [-0.4, -0.2) is 15.2 Å². The summed E-state index contributed by atoms with van der Waals surface area (Å²) in [7, 11) is 0. The van der Waals surface area contributed by atoms with Crippen molar-refractivity contribution in [2.45, 2.75) is 45.4 Å². The Morgan fingerprint density at radius 2 is 2.21 bits per heavy atom. The fraction of sp³-hybridized carbons (Fsp3) is 0.467. The first kappa shape index (κ1) is 13.6. The molecule has 1 unspecified atom stereocenters. The number of H-pyrrole nitrogens is 1. The van der Waals surface area contributed by atoms with Crippen LogP contribution in [0.5, 0.6) is 0 Å². The Kier molecular flexibility index (Phi) is 4.55. The topological polar surface area (TPSA) is 67.6 Å². The van der Waals surface area contributed by atoms with Gasteiger partial charge in [0.1, 0.15) is 0 Å². The molecule has 0 saturated carbocycles. The zero-order chi connectivity index (χ0) is 13.7. The third-order valence-electron chi connectivity index (χ3n) is 3.58. The number of rotatable bonds is 6. The highest BCUT2D eigenvalue weighted by Gasteiger charge is 2.19. The number of nitrogens with zero attached hydrogens (tertiary/aromatic N) is 2. The van der Waals surface area contributed by atoms with E-state index >= 15 is 0 Å². The van der Waals surface area contributed by atoms with Crippen LogP contribution in [0.4, 0.5) is 5.82 Å². The largest absolute Gasteiger partial charge is 0.382 e. The Hall–Kier alpha value is -1.84. The van der Waals surface area contributed by atoms with Crippen molar-refractivity contribution in [1.82, 2.24) is 15.2 Å². The van der Waals surface area contributed by atoms with Gasteiger partial charge in [0.25, 0.3) is 0 Å². The Morgan fingerprint density at radius 1 is 1.37 bits per heavy atom. The number of unbranched alkanes of at least 4 members (excludes halogenated alkanes) is 1. The number of hydrogen-bond donors (Lipinski definition) is 2. The molecule has 2 heterocycles. The number of nitrogens with one attached hydrogen (secondary N) is 1. The molecule has 102 valence electrons. The molecule has 0 amide bonds. The molecule has 3 N–H and O–H groups in total. The second-order valence-corrected chi connectivity index (χ2v) is 4.89. The molecule has 0 aliphatic carbocycles. The average molecular weight is 258 g/mol. The summed E-state index contributed by atoms with van der Waals surface area (Å²) in [5, 5.41) is 7.32. The predicted octanol–water partition coefficient (Wildman–Crippen LogP) is 3.74. The van der Waals surface area contributed by atoms with Gasteiger partial charge in [-0.05, 0) is 18.9 Å². The van der Waals surface area contributed by atoms with Gasteiger partial charge in [-0.1, -0.05) is 32.8 Å². The highest BCUT2D eigenvalue weighted by Crippen LogP contribution is 2.35. The van der Waals surface area contributed by atoms with Crippen LogP contribution in [0.15, 0.2) is 24.5 Å². The van der Waals surface area contributed by atoms with Gasteiger partial charge in [0, 0.05) is 35.1 Å². The van der Waals surface area contributed by atoms with Gasteiger partial charge in [0.05, 0.1) is 0 Å². The normalized spacial score (nSPS) is 12.5. The van der Waals surface area contributed by atoms with Crippen LogP contribution in [-0.2, 0) is 0 Å². The zero-order valence-electron chi connectivity index (χ0n) is 11.7. The van der Waals surface area contributed by atoms with Crippen molar-refractivity contribution >= 4 is 5.82 Å². The van der Waals surface area contributed by atoms with E-state index in [9.17, 15) is 0 Å². The van der Waals surface area contributed by atoms with Crippen molar-refractivity contribution < 1.29 is 0 Å². The van der Waals surface area contributed by atoms with E-state index in [-0.39, 0.29) is 0 Å². The first-order valence-corrected chi connectivity index (χ1v) is 7.02. The van der Waals surface area contributed by atoms with E-state index in [0.717, 1.165) is 23.2 Å². The molecule has 2 aromatic heterocycles. The maximum atomic E-state index is 6.02. The summed E-state index contributed by atoms with van der Waals surface area (Å²) < 4.78 is 0. The first-order chi connectivity index (χ1) is 9.27. The maximum Gasteiger partial charge on any atom is 0.153 e. The van der Waals surface area contributed by atoms with Crippen molar-refractivity contribution in [2.75, 3.05) is 5.73 Å². The number of aromatic nitrogens is 3. The highest BCUT2D eigenvalue weighted by molar-refractivity contribution is 5.76. The monoisotopic (exact) mass is 258 g/mol. The molecule has 0 fully saturated rings. The number of hydrogen-bond acceptors (Lipinski definition) is 3. The van der Waals surface area contributed by atoms with Crippen molar-refractivity contribution in [1.29, 1.82) is 0 Å². The van der Waals surface area contributed by atoms with E-state index in [1.165, 1.54) is 19.3 Å². The van der Waals surface area contributed by atoms with Gasteiger partial charge in [0.15, 0.2) is 5.82 Å². The van der Waals surface area contributed by atoms with Crippen LogP contribution in [0.3, 0.4) is 0 Å². The van der Waals surface area contributed by atoms with Gasteiger partial charge in [-0.3, -0.25) is 10.1 Å². The lowest BCUT2D eigenvalue weighted by molar-refractivity contribution is 0.557. The minimum absolute atomic E-state index is 0.486. The zero-order valence-corrected chi connectivity index (χ0v) is 11.7. The molecule has 0 aliphatic rings. The summed E-state index contributed by atoms with van der Waals surface area (Å²) in [5.74, 6) is 1.05. The van der Waals surface area contributed by atoms with Crippen molar-refractivity contribution in [3.8, 4) is 11.1 Å². The van der Waals surface area contributed by atoms with E-state index in [1.54, 1.807) is 6.20 Å². The standard InChI is InChI=1S/C15H22N4/c1-3-5-7-11(4-2)14-13(15(16)19-18-14)12-8-6-9-17-10-12/h6,8-11H,3-5,7H2,1-2H3,(H3,16,18,19). The molecule has 0 saturated heterocycles. The fourth-order valence-corrected chi connectivity index (χ4v) is 2.48. The van der Waals surface area contributed by atoms with Gasteiger partial charge in [-0.15, -0.1) is 0 Å². The molecule has 2 rings (SSSR count). The van der Waals surface area contributed by atoms with Crippen molar-refractivity contribution in [2.24, 2.45) is 0 Å². The molecule has 19 heavy (non-hydrogen) atoms. The van der Waals surface area contributed by atoms with Crippen LogP contribution >= 0.6 is 0 Å². The molecular weight excluding hydrogens is 236 g/mol. The lowest BCUT2D eigenvalue weighted by Gasteiger charge is -2.15. The van der Waals surface area contributed by atoms with Gasteiger partial charge in [0.2, 0.25) is 0 Å². The molecule has 0 aromatic carbocycles. The third-order valence-corrected chi connectivity index (χ3v) is 3.58. The SMILES string of the molecule is CCCCC(CC)c1[nH]nc(N)c1-c1cccnc1.